The smallest absolute Gasteiger partial charge is 0.386 e. The van der Waals surface area contributed by atoms with Gasteiger partial charge in [-0.05, 0) is 42.7 Å². The third-order valence-corrected chi connectivity index (χ3v) is 6.14. The Morgan fingerprint density at radius 1 is 1.03 bits per heavy atom. The number of amides is 1. The monoisotopic (exact) mass is 537 g/mol. The van der Waals surface area contributed by atoms with Crippen molar-refractivity contribution in [2.75, 3.05) is 27.7 Å². The van der Waals surface area contributed by atoms with Crippen LogP contribution in [0.25, 0.3) is 0 Å². The molecule has 1 aromatic carbocycles. The number of alkyl halides is 3. The molecule has 0 aliphatic heterocycles. The minimum absolute atomic E-state index is 0.216. The Kier molecular flexibility index (Phi) is 10.9. The molecule has 2 rings (SSSR count). The molecular weight excluding hydrogens is 505 g/mol. The van der Waals surface area contributed by atoms with E-state index in [2.05, 4.69) is 41.0 Å². The molecule has 37 heavy (non-hydrogen) atoms. The molecule has 0 radical (unpaired) electrons. The maximum absolute atomic E-state index is 12.8. The molecule has 0 unspecified atom stereocenters. The summed E-state index contributed by atoms with van der Waals surface area (Å²) in [5.41, 5.74) is 2.12. The minimum Gasteiger partial charge on any atom is -0.386 e. The standard InChI is InChI=1S/C27H31F3N2O4S/c1-5-6-7-8-19-9-11-20(12-10-19)13-14-22-15-16-23(37-22)25(34)31-21(18-32(2,3)4)17-24(33)36-26(35)27(28,29)30/h9-12,15-16,21H,5-8,17-18H2,1-4H3/p+1/t21-/m1/s1. The van der Waals surface area contributed by atoms with Crippen molar-refractivity contribution < 1.29 is 36.8 Å². The molecular formula is C27H32F3N2O4S+. The van der Waals surface area contributed by atoms with Crippen molar-refractivity contribution in [3.05, 3.63) is 57.3 Å². The van der Waals surface area contributed by atoms with Gasteiger partial charge >= 0.3 is 18.1 Å². The lowest BCUT2D eigenvalue weighted by Crippen LogP contribution is -2.50. The van der Waals surface area contributed by atoms with E-state index < -0.39 is 36.5 Å². The minimum atomic E-state index is -5.28. The first kappa shape index (κ1) is 30.1. The van der Waals surface area contributed by atoms with Crippen molar-refractivity contribution in [1.29, 1.82) is 0 Å². The van der Waals surface area contributed by atoms with Crippen LogP contribution in [0.5, 0.6) is 0 Å². The van der Waals surface area contributed by atoms with Crippen LogP contribution in [0.3, 0.4) is 0 Å². The largest absolute Gasteiger partial charge is 0.491 e. The van der Waals surface area contributed by atoms with Gasteiger partial charge in [-0.15, -0.1) is 11.3 Å². The topological polar surface area (TPSA) is 72.5 Å². The molecule has 0 bridgehead atoms. The molecule has 6 nitrogen and oxygen atoms in total. The molecule has 1 amide bonds. The van der Waals surface area contributed by atoms with Crippen molar-refractivity contribution >= 4 is 29.2 Å². The third-order valence-electron chi connectivity index (χ3n) is 5.14. The second-order valence-corrected chi connectivity index (χ2v) is 10.8. The Morgan fingerprint density at radius 3 is 2.30 bits per heavy atom. The second-order valence-electron chi connectivity index (χ2n) is 9.67. The average molecular weight is 538 g/mol. The van der Waals surface area contributed by atoms with Gasteiger partial charge < -0.3 is 14.5 Å². The second kappa shape index (κ2) is 13.4. The van der Waals surface area contributed by atoms with Gasteiger partial charge in [-0.25, -0.2) is 4.79 Å². The van der Waals surface area contributed by atoms with Gasteiger partial charge in [0.2, 0.25) is 0 Å². The highest BCUT2D eigenvalue weighted by molar-refractivity contribution is 7.14. The number of benzene rings is 1. The summed E-state index contributed by atoms with van der Waals surface area (Å²) in [5.74, 6) is 1.67. The molecule has 2 aromatic rings. The van der Waals surface area contributed by atoms with Gasteiger partial charge in [0.25, 0.3) is 5.91 Å². The van der Waals surface area contributed by atoms with Crippen molar-refractivity contribution in [2.45, 2.75) is 51.2 Å². The van der Waals surface area contributed by atoms with E-state index in [0.717, 1.165) is 29.7 Å². The summed E-state index contributed by atoms with van der Waals surface area (Å²) in [7, 11) is 5.38. The normalized spacial score (nSPS) is 12.3. The summed E-state index contributed by atoms with van der Waals surface area (Å²) in [6.07, 6.45) is -1.29. The van der Waals surface area contributed by atoms with E-state index in [9.17, 15) is 27.6 Å². The first-order chi connectivity index (χ1) is 17.3. The Hall–Kier alpha value is -3.16. The number of ether oxygens (including phenoxy) is 1. The molecule has 1 atom stereocenters. The number of nitrogens with zero attached hydrogens (tertiary/aromatic N) is 1. The van der Waals surface area contributed by atoms with E-state index in [4.69, 9.17) is 0 Å². The molecule has 0 fully saturated rings. The van der Waals surface area contributed by atoms with E-state index >= 15 is 0 Å². The van der Waals surface area contributed by atoms with E-state index in [1.807, 2.05) is 12.1 Å². The summed E-state index contributed by atoms with van der Waals surface area (Å²) in [6, 6.07) is 10.5. The summed E-state index contributed by atoms with van der Waals surface area (Å²) < 4.78 is 41.4. The molecule has 0 aliphatic rings. The number of esters is 2. The van der Waals surface area contributed by atoms with Gasteiger partial charge in [-0.2, -0.15) is 13.2 Å². The molecule has 0 saturated carbocycles. The predicted molar refractivity (Wildman–Crippen MR) is 136 cm³/mol. The number of hydrogen-bond acceptors (Lipinski definition) is 5. The molecule has 1 heterocycles. The van der Waals surface area contributed by atoms with E-state index in [1.54, 1.807) is 33.3 Å². The van der Waals surface area contributed by atoms with Crippen LogP contribution >= 0.6 is 11.3 Å². The number of hydrogen-bond donors (Lipinski definition) is 1. The van der Waals surface area contributed by atoms with Crippen LogP contribution in [-0.2, 0) is 20.7 Å². The van der Waals surface area contributed by atoms with Gasteiger partial charge in [-0.1, -0.05) is 43.7 Å². The van der Waals surface area contributed by atoms with Gasteiger partial charge in [0, 0.05) is 5.56 Å². The highest BCUT2D eigenvalue weighted by atomic mass is 32.1. The van der Waals surface area contributed by atoms with Crippen LogP contribution in [0.4, 0.5) is 13.2 Å². The number of thiophene rings is 1. The number of carbonyl (C=O) groups is 3. The van der Waals surface area contributed by atoms with Crippen LogP contribution in [0.2, 0.25) is 0 Å². The van der Waals surface area contributed by atoms with Crippen molar-refractivity contribution in [3.8, 4) is 11.8 Å². The SMILES string of the molecule is CCCCCc1ccc(C#Cc2ccc(C(=O)N[C@H](CC(=O)OC(=O)C(F)(F)F)C[N+](C)(C)C)s2)cc1. The summed E-state index contributed by atoms with van der Waals surface area (Å²) >= 11 is 1.16. The number of quaternary nitrogens is 1. The fourth-order valence-corrected chi connectivity index (χ4v) is 4.24. The van der Waals surface area contributed by atoms with Crippen molar-refractivity contribution in [2.24, 2.45) is 0 Å². The quantitative estimate of drug-likeness (QED) is 0.157. The van der Waals surface area contributed by atoms with E-state index in [1.165, 1.54) is 18.4 Å². The van der Waals surface area contributed by atoms with Crippen LogP contribution in [-0.4, -0.2) is 62.2 Å². The number of rotatable bonds is 10. The Morgan fingerprint density at radius 2 is 1.70 bits per heavy atom. The molecule has 200 valence electrons. The zero-order chi connectivity index (χ0) is 27.6. The lowest BCUT2D eigenvalue weighted by molar-refractivity contribution is -0.871. The first-order valence-electron chi connectivity index (χ1n) is 11.9. The average Bonchev–Trinajstić information content (AvgIpc) is 3.26. The zero-order valence-corrected chi connectivity index (χ0v) is 22.2. The summed E-state index contributed by atoms with van der Waals surface area (Å²) in [6.45, 7) is 2.39. The molecule has 0 aliphatic carbocycles. The van der Waals surface area contributed by atoms with E-state index in [0.29, 0.717) is 14.2 Å². The highest BCUT2D eigenvalue weighted by Crippen LogP contribution is 2.18. The Bertz CT molecular complexity index is 1140. The van der Waals surface area contributed by atoms with Crippen molar-refractivity contribution in [3.63, 3.8) is 0 Å². The number of unbranched alkanes of at least 4 members (excludes halogenated alkanes) is 2. The van der Waals surface area contributed by atoms with Gasteiger partial charge in [-0.3, -0.25) is 9.59 Å². The van der Waals surface area contributed by atoms with Crippen LogP contribution in [0, 0.1) is 11.8 Å². The lowest BCUT2D eigenvalue weighted by Gasteiger charge is -2.29. The Balaban J connectivity index is 2.03. The summed E-state index contributed by atoms with van der Waals surface area (Å²) in [4.78, 5) is 36.6. The lowest BCUT2D eigenvalue weighted by atomic mass is 10.1. The molecule has 0 saturated heterocycles. The molecule has 1 N–H and O–H groups in total. The molecule has 0 spiro atoms. The van der Waals surface area contributed by atoms with Crippen LogP contribution in [0.15, 0.2) is 36.4 Å². The number of halogens is 3. The molecule has 10 heteroatoms. The number of nitrogens with one attached hydrogen (secondary N) is 1. The predicted octanol–water partition coefficient (Wildman–Crippen LogP) is 4.71. The Labute approximate surface area is 219 Å². The maximum Gasteiger partial charge on any atom is 0.491 e. The van der Waals surface area contributed by atoms with Crippen molar-refractivity contribution in [1.82, 2.24) is 5.32 Å². The van der Waals surface area contributed by atoms with Gasteiger partial charge in [0.15, 0.2) is 0 Å². The molecule has 1 aromatic heterocycles. The van der Waals surface area contributed by atoms with Crippen LogP contribution in [0.1, 0.15) is 58.3 Å². The number of aryl methyl sites for hydroxylation is 1. The number of carbonyl (C=O) groups excluding carboxylic acids is 3. The third kappa shape index (κ3) is 11.2. The number of likely N-dealkylation sites (N-methyl/N-ethyl adjacent to an activating group) is 1. The van der Waals surface area contributed by atoms with Crippen LogP contribution < -0.4 is 5.32 Å². The van der Waals surface area contributed by atoms with Gasteiger partial charge in [0.1, 0.15) is 0 Å². The highest BCUT2D eigenvalue weighted by Gasteiger charge is 2.42. The van der Waals surface area contributed by atoms with Gasteiger partial charge in [0.05, 0.1) is 49.9 Å². The maximum atomic E-state index is 12.8. The summed E-state index contributed by atoms with van der Waals surface area (Å²) in [5, 5.41) is 2.66. The first-order valence-corrected chi connectivity index (χ1v) is 12.7. The fourth-order valence-electron chi connectivity index (χ4n) is 3.48. The fraction of sp³-hybridized carbons (Fsp3) is 0.444. The van der Waals surface area contributed by atoms with E-state index in [-0.39, 0.29) is 6.54 Å². The zero-order valence-electron chi connectivity index (χ0n) is 21.4.